The summed E-state index contributed by atoms with van der Waals surface area (Å²) in [5, 5.41) is 4.55. The molecule has 106 valence electrons. The Morgan fingerprint density at radius 3 is 2.71 bits per heavy atom. The molecule has 0 aliphatic carbocycles. The van der Waals surface area contributed by atoms with Crippen molar-refractivity contribution in [2.75, 3.05) is 14.1 Å². The molecular weight excluding hydrogens is 262 g/mol. The zero-order chi connectivity index (χ0) is 16.4. The highest BCUT2D eigenvalue weighted by Crippen LogP contribution is 2.23. The van der Waals surface area contributed by atoms with Crippen LogP contribution in [0.25, 0.3) is 17.1 Å². The summed E-state index contributed by atoms with van der Waals surface area (Å²) in [6.45, 7) is -0.687. The fraction of sp³-hybridized carbons (Fsp3) is 0.188. The summed E-state index contributed by atoms with van der Waals surface area (Å²) in [6.07, 6.45) is 3.19. The highest BCUT2D eigenvalue weighted by atomic mass is 15.3. The minimum absolute atomic E-state index is 0.163. The predicted octanol–water partition coefficient (Wildman–Crippen LogP) is 2.39. The van der Waals surface area contributed by atoms with Gasteiger partial charge in [-0.1, -0.05) is 30.3 Å². The number of aromatic nitrogens is 4. The normalized spacial score (nSPS) is 13.9. The van der Waals surface area contributed by atoms with Crippen LogP contribution in [0.1, 0.15) is 8.30 Å². The molecule has 0 aliphatic heterocycles. The van der Waals surface area contributed by atoms with Crippen LogP contribution in [-0.4, -0.2) is 38.7 Å². The lowest BCUT2D eigenvalue weighted by Crippen LogP contribution is -2.10. The van der Waals surface area contributed by atoms with Gasteiger partial charge in [-0.3, -0.25) is 0 Å². The molecule has 1 aromatic carbocycles. The van der Waals surface area contributed by atoms with Crippen molar-refractivity contribution in [1.82, 2.24) is 24.6 Å². The summed E-state index contributed by atoms with van der Waals surface area (Å²) < 4.78 is 18.3. The van der Waals surface area contributed by atoms with E-state index in [1.807, 2.05) is 44.4 Å². The van der Waals surface area contributed by atoms with Gasteiger partial charge in [0, 0.05) is 37.5 Å². The van der Waals surface area contributed by atoms with Crippen LogP contribution in [0.15, 0.2) is 55.1 Å². The lowest BCUT2D eigenvalue weighted by Gasteiger charge is -2.08. The first-order chi connectivity index (χ1) is 11.1. The SMILES string of the molecule is [2H]c1c(C([2H])N(C)C)c(-c2ccccc2)nn1-c1ccncn1. The Labute approximate surface area is 126 Å². The van der Waals surface area contributed by atoms with E-state index in [0.717, 1.165) is 5.56 Å². The third-order valence-electron chi connectivity index (χ3n) is 2.90. The first kappa shape index (κ1) is 11.2. The van der Waals surface area contributed by atoms with E-state index in [1.165, 1.54) is 11.0 Å². The van der Waals surface area contributed by atoms with Gasteiger partial charge < -0.3 is 4.90 Å². The number of nitrogens with zero attached hydrogens (tertiary/aromatic N) is 5. The molecule has 2 aromatic heterocycles. The molecule has 5 heteroatoms. The number of rotatable bonds is 4. The molecule has 0 aliphatic rings. The standard InChI is InChI=1S/C16H17N5/c1-20(2)10-14-11-21(15-8-9-17-12-18-15)19-16(14)13-6-4-3-5-7-13/h3-9,11-12H,10H2,1-2H3/i10D,11D. The molecule has 21 heavy (non-hydrogen) atoms. The van der Waals surface area contributed by atoms with E-state index in [-0.39, 0.29) is 6.17 Å². The monoisotopic (exact) mass is 281 g/mol. The molecule has 0 amide bonds. The molecule has 5 nitrogen and oxygen atoms in total. The van der Waals surface area contributed by atoms with E-state index in [0.29, 0.717) is 17.1 Å². The van der Waals surface area contributed by atoms with E-state index in [2.05, 4.69) is 15.1 Å². The minimum Gasteiger partial charge on any atom is -0.305 e. The van der Waals surface area contributed by atoms with E-state index < -0.39 is 6.52 Å². The molecule has 1 atom stereocenters. The molecule has 1 unspecified atom stereocenters. The molecule has 0 saturated heterocycles. The Kier molecular flexibility index (Phi) is 3.11. The topological polar surface area (TPSA) is 46.8 Å². The van der Waals surface area contributed by atoms with E-state index >= 15 is 0 Å². The van der Waals surface area contributed by atoms with Gasteiger partial charge in [0.2, 0.25) is 0 Å². The smallest absolute Gasteiger partial charge is 0.156 e. The van der Waals surface area contributed by atoms with Gasteiger partial charge in [-0.25, -0.2) is 14.6 Å². The average Bonchev–Trinajstić information content (AvgIpc) is 2.93. The van der Waals surface area contributed by atoms with Gasteiger partial charge in [-0.2, -0.15) is 5.10 Å². The van der Waals surface area contributed by atoms with E-state index in [4.69, 9.17) is 2.74 Å². The average molecular weight is 281 g/mol. The summed E-state index contributed by atoms with van der Waals surface area (Å²) >= 11 is 0. The first-order valence-electron chi connectivity index (χ1n) is 7.67. The van der Waals surface area contributed by atoms with Crippen LogP contribution >= 0.6 is 0 Å². The highest BCUT2D eigenvalue weighted by Gasteiger charge is 2.13. The van der Waals surface area contributed by atoms with Gasteiger partial charge in [0.05, 0.1) is 7.06 Å². The third-order valence-corrected chi connectivity index (χ3v) is 2.90. The molecule has 0 fully saturated rings. The second-order valence-electron chi connectivity index (χ2n) is 4.81. The highest BCUT2D eigenvalue weighted by molar-refractivity contribution is 5.62. The number of hydrogen-bond acceptors (Lipinski definition) is 4. The van der Waals surface area contributed by atoms with Crippen molar-refractivity contribution in [1.29, 1.82) is 0 Å². The summed E-state index contributed by atoms with van der Waals surface area (Å²) in [5.41, 5.74) is 2.06. The van der Waals surface area contributed by atoms with Crippen molar-refractivity contribution in [3.63, 3.8) is 0 Å². The van der Waals surface area contributed by atoms with Crippen LogP contribution in [0.3, 0.4) is 0 Å². The van der Waals surface area contributed by atoms with Gasteiger partial charge in [0.1, 0.15) is 6.33 Å². The number of hydrogen-bond donors (Lipinski definition) is 0. The fourth-order valence-electron chi connectivity index (χ4n) is 2.02. The first-order valence-corrected chi connectivity index (χ1v) is 6.59. The van der Waals surface area contributed by atoms with Crippen LogP contribution in [-0.2, 0) is 6.52 Å². The molecule has 0 N–H and O–H groups in total. The third kappa shape index (κ3) is 2.98. The van der Waals surface area contributed by atoms with Crippen molar-refractivity contribution in [2.45, 2.75) is 6.52 Å². The largest absolute Gasteiger partial charge is 0.305 e. The van der Waals surface area contributed by atoms with Crippen molar-refractivity contribution in [3.8, 4) is 17.1 Å². The van der Waals surface area contributed by atoms with Crippen LogP contribution < -0.4 is 0 Å². The van der Waals surface area contributed by atoms with Crippen molar-refractivity contribution >= 4 is 0 Å². The number of benzene rings is 1. The Morgan fingerprint density at radius 2 is 2.05 bits per heavy atom. The maximum atomic E-state index is 8.47. The summed E-state index contributed by atoms with van der Waals surface area (Å²) in [5.74, 6) is 0.513. The van der Waals surface area contributed by atoms with Crippen LogP contribution in [0.2, 0.25) is 0 Å². The van der Waals surface area contributed by atoms with Crippen LogP contribution in [0, 0.1) is 0 Å². The predicted molar refractivity (Wildman–Crippen MR) is 82.0 cm³/mol. The molecular formula is C16H17N5. The molecule has 3 aromatic rings. The maximum absolute atomic E-state index is 8.47. The quantitative estimate of drug-likeness (QED) is 0.736. The lowest BCUT2D eigenvalue weighted by atomic mass is 10.1. The van der Waals surface area contributed by atoms with Crippen molar-refractivity contribution < 1.29 is 2.74 Å². The molecule has 0 saturated carbocycles. The van der Waals surface area contributed by atoms with Gasteiger partial charge in [-0.15, -0.1) is 0 Å². The fourth-order valence-corrected chi connectivity index (χ4v) is 2.02. The lowest BCUT2D eigenvalue weighted by molar-refractivity contribution is 0.403. The summed E-state index contributed by atoms with van der Waals surface area (Å²) in [4.78, 5) is 9.79. The van der Waals surface area contributed by atoms with E-state index in [9.17, 15) is 0 Å². The van der Waals surface area contributed by atoms with Crippen LogP contribution in [0.4, 0.5) is 0 Å². The van der Waals surface area contributed by atoms with Gasteiger partial charge in [0.15, 0.2) is 5.82 Å². The summed E-state index contributed by atoms with van der Waals surface area (Å²) in [6, 6.07) is 11.3. The molecule has 0 radical (unpaired) electrons. The molecule has 0 spiro atoms. The zero-order valence-corrected chi connectivity index (χ0v) is 11.9. The zero-order valence-electron chi connectivity index (χ0n) is 13.9. The second-order valence-corrected chi connectivity index (χ2v) is 4.81. The Balaban J connectivity index is 2.22. The molecule has 3 rings (SSSR count). The molecule has 0 bridgehead atoms. The van der Waals surface area contributed by atoms with Gasteiger partial charge >= 0.3 is 0 Å². The Bertz CT molecular complexity index is 787. The van der Waals surface area contributed by atoms with Crippen molar-refractivity contribution in [2.24, 2.45) is 0 Å². The minimum atomic E-state index is -0.687. The van der Waals surface area contributed by atoms with Crippen LogP contribution in [0.5, 0.6) is 0 Å². The molecule has 2 heterocycles. The van der Waals surface area contributed by atoms with Crippen molar-refractivity contribution in [3.05, 3.63) is 60.7 Å². The Morgan fingerprint density at radius 1 is 1.24 bits per heavy atom. The summed E-state index contributed by atoms with van der Waals surface area (Å²) in [7, 11) is 3.63. The van der Waals surface area contributed by atoms with Gasteiger partial charge in [-0.05, 0) is 14.1 Å². The Hall–Kier alpha value is -2.53. The van der Waals surface area contributed by atoms with E-state index in [1.54, 1.807) is 17.2 Å². The second kappa shape index (κ2) is 5.85. The maximum Gasteiger partial charge on any atom is 0.156 e. The van der Waals surface area contributed by atoms with Gasteiger partial charge in [0.25, 0.3) is 0 Å².